The van der Waals surface area contributed by atoms with E-state index >= 15 is 0 Å². The second-order valence-electron chi connectivity index (χ2n) is 5.23. The summed E-state index contributed by atoms with van der Waals surface area (Å²) in [6.45, 7) is 4.21. The van der Waals surface area contributed by atoms with Gasteiger partial charge in [0.2, 0.25) is 11.8 Å². The fourth-order valence-electron chi connectivity index (χ4n) is 2.33. The van der Waals surface area contributed by atoms with Crippen LogP contribution in [0.15, 0.2) is 0 Å². The largest absolute Gasteiger partial charge is 0.355 e. The number of halogens is 1. The Morgan fingerprint density at radius 1 is 1.40 bits per heavy atom. The highest BCUT2D eigenvalue weighted by Gasteiger charge is 2.16. The summed E-state index contributed by atoms with van der Waals surface area (Å²) in [7, 11) is 0. The molecule has 5 nitrogen and oxygen atoms in total. The first kappa shape index (κ1) is 19.2. The van der Waals surface area contributed by atoms with E-state index in [2.05, 4.69) is 5.32 Å². The minimum absolute atomic E-state index is 0. The number of hydrogen-bond acceptors (Lipinski definition) is 3. The van der Waals surface area contributed by atoms with Gasteiger partial charge in [-0.3, -0.25) is 9.59 Å². The van der Waals surface area contributed by atoms with Crippen LogP contribution in [0.4, 0.5) is 0 Å². The number of carbonyl (C=O) groups excluding carboxylic acids is 2. The predicted octanol–water partition coefficient (Wildman–Crippen LogP) is 1.44. The highest BCUT2D eigenvalue weighted by molar-refractivity contribution is 5.85. The molecule has 1 heterocycles. The zero-order valence-electron chi connectivity index (χ0n) is 12.4. The smallest absolute Gasteiger partial charge is 0.236 e. The highest BCUT2D eigenvalue weighted by Crippen LogP contribution is 2.11. The molecule has 0 aromatic heterocycles. The minimum Gasteiger partial charge on any atom is -0.355 e. The average molecular weight is 306 g/mol. The molecule has 1 saturated heterocycles. The van der Waals surface area contributed by atoms with Gasteiger partial charge in [0, 0.05) is 26.1 Å². The van der Waals surface area contributed by atoms with E-state index in [4.69, 9.17) is 5.73 Å². The molecule has 0 radical (unpaired) electrons. The highest BCUT2D eigenvalue weighted by atomic mass is 35.5. The van der Waals surface area contributed by atoms with Crippen LogP contribution in [0.1, 0.15) is 51.9 Å². The van der Waals surface area contributed by atoms with E-state index in [1.807, 2.05) is 11.8 Å². The summed E-state index contributed by atoms with van der Waals surface area (Å²) >= 11 is 0. The van der Waals surface area contributed by atoms with Crippen molar-refractivity contribution in [2.24, 2.45) is 5.73 Å². The standard InChI is InChI=1S/C14H27N3O2.ClH/c1-2-7-12(15)14(19)16-9-6-11-17-10-5-3-4-8-13(17)18;/h12H,2-11,15H2,1H3,(H,16,19);1H. The molecular weight excluding hydrogens is 278 g/mol. The number of rotatable bonds is 7. The summed E-state index contributed by atoms with van der Waals surface area (Å²) < 4.78 is 0. The summed E-state index contributed by atoms with van der Waals surface area (Å²) in [5.41, 5.74) is 5.72. The molecule has 6 heteroatoms. The lowest BCUT2D eigenvalue weighted by Gasteiger charge is -2.20. The van der Waals surface area contributed by atoms with Gasteiger partial charge in [0.15, 0.2) is 0 Å². The summed E-state index contributed by atoms with van der Waals surface area (Å²) in [5, 5.41) is 2.84. The summed E-state index contributed by atoms with van der Waals surface area (Å²) in [5.74, 6) is 0.176. The average Bonchev–Trinajstić information content (AvgIpc) is 2.59. The van der Waals surface area contributed by atoms with E-state index in [9.17, 15) is 9.59 Å². The SMILES string of the molecule is CCCC(N)C(=O)NCCCN1CCCCCC1=O.Cl. The Bertz CT molecular complexity index is 300. The van der Waals surface area contributed by atoms with E-state index in [-0.39, 0.29) is 24.2 Å². The maximum atomic E-state index is 11.8. The maximum Gasteiger partial charge on any atom is 0.236 e. The van der Waals surface area contributed by atoms with Crippen molar-refractivity contribution < 1.29 is 9.59 Å². The van der Waals surface area contributed by atoms with Crippen LogP contribution in [0.25, 0.3) is 0 Å². The molecule has 0 aromatic rings. The van der Waals surface area contributed by atoms with Crippen molar-refractivity contribution in [2.45, 2.75) is 57.9 Å². The molecule has 2 amide bonds. The topological polar surface area (TPSA) is 75.4 Å². The third-order valence-corrected chi connectivity index (χ3v) is 3.51. The molecule has 1 unspecified atom stereocenters. The molecule has 0 spiro atoms. The Morgan fingerprint density at radius 2 is 2.15 bits per heavy atom. The quantitative estimate of drug-likeness (QED) is 0.699. The molecule has 118 valence electrons. The fourth-order valence-corrected chi connectivity index (χ4v) is 2.33. The van der Waals surface area contributed by atoms with E-state index in [0.29, 0.717) is 13.0 Å². The number of amides is 2. The van der Waals surface area contributed by atoms with Crippen LogP contribution in [0, 0.1) is 0 Å². The molecule has 0 saturated carbocycles. The van der Waals surface area contributed by atoms with Gasteiger partial charge in [0.05, 0.1) is 6.04 Å². The normalized spacial score (nSPS) is 17.1. The molecule has 3 N–H and O–H groups in total. The zero-order chi connectivity index (χ0) is 14.1. The minimum atomic E-state index is -0.398. The third-order valence-electron chi connectivity index (χ3n) is 3.51. The molecule has 1 atom stereocenters. The van der Waals surface area contributed by atoms with Crippen LogP contribution in [-0.2, 0) is 9.59 Å². The molecular formula is C14H28ClN3O2. The van der Waals surface area contributed by atoms with Gasteiger partial charge in [-0.15, -0.1) is 12.4 Å². The van der Waals surface area contributed by atoms with E-state index in [1.165, 1.54) is 0 Å². The van der Waals surface area contributed by atoms with E-state index in [1.54, 1.807) is 0 Å². The van der Waals surface area contributed by atoms with E-state index in [0.717, 1.165) is 51.6 Å². The Hall–Kier alpha value is -0.810. The van der Waals surface area contributed by atoms with E-state index < -0.39 is 6.04 Å². The van der Waals surface area contributed by atoms with Gasteiger partial charge >= 0.3 is 0 Å². The first-order valence-corrected chi connectivity index (χ1v) is 7.46. The molecule has 1 aliphatic heterocycles. The summed E-state index contributed by atoms with van der Waals surface area (Å²) in [6, 6.07) is -0.398. The lowest BCUT2D eigenvalue weighted by atomic mass is 10.1. The van der Waals surface area contributed by atoms with Crippen LogP contribution in [-0.4, -0.2) is 42.4 Å². The monoisotopic (exact) mass is 305 g/mol. The first-order valence-electron chi connectivity index (χ1n) is 7.46. The number of nitrogens with two attached hydrogens (primary N) is 1. The van der Waals surface area contributed by atoms with Gasteiger partial charge in [-0.1, -0.05) is 19.8 Å². The van der Waals surface area contributed by atoms with Crippen molar-refractivity contribution in [3.63, 3.8) is 0 Å². The number of nitrogens with zero attached hydrogens (tertiary/aromatic N) is 1. The van der Waals surface area contributed by atoms with Crippen LogP contribution in [0.3, 0.4) is 0 Å². The molecule has 0 aromatic carbocycles. The molecule has 0 bridgehead atoms. The van der Waals surface area contributed by atoms with Crippen molar-refractivity contribution >= 4 is 24.2 Å². The van der Waals surface area contributed by atoms with Gasteiger partial charge < -0.3 is 16.0 Å². The Labute approximate surface area is 128 Å². The molecule has 0 aliphatic carbocycles. The first-order chi connectivity index (χ1) is 9.15. The summed E-state index contributed by atoms with van der Waals surface area (Å²) in [6.07, 6.45) is 6.36. The lowest BCUT2D eigenvalue weighted by Crippen LogP contribution is -2.41. The fraction of sp³-hybridized carbons (Fsp3) is 0.857. The van der Waals surface area contributed by atoms with Crippen LogP contribution in [0.2, 0.25) is 0 Å². The van der Waals surface area contributed by atoms with Gasteiger partial charge in [0.25, 0.3) is 0 Å². The molecule has 1 aliphatic rings. The van der Waals surface area contributed by atoms with Gasteiger partial charge in [0.1, 0.15) is 0 Å². The van der Waals surface area contributed by atoms with Crippen molar-refractivity contribution in [3.05, 3.63) is 0 Å². The predicted molar refractivity (Wildman–Crippen MR) is 82.8 cm³/mol. The number of hydrogen-bond donors (Lipinski definition) is 2. The van der Waals surface area contributed by atoms with Crippen molar-refractivity contribution in [2.75, 3.05) is 19.6 Å². The number of likely N-dealkylation sites (tertiary alicyclic amines) is 1. The van der Waals surface area contributed by atoms with Gasteiger partial charge in [-0.2, -0.15) is 0 Å². The second-order valence-corrected chi connectivity index (χ2v) is 5.23. The molecule has 1 fully saturated rings. The van der Waals surface area contributed by atoms with Crippen LogP contribution < -0.4 is 11.1 Å². The van der Waals surface area contributed by atoms with Crippen molar-refractivity contribution in [3.8, 4) is 0 Å². The molecule has 1 rings (SSSR count). The van der Waals surface area contributed by atoms with Gasteiger partial charge in [-0.25, -0.2) is 0 Å². The number of carbonyl (C=O) groups is 2. The maximum absolute atomic E-state index is 11.8. The molecule has 20 heavy (non-hydrogen) atoms. The summed E-state index contributed by atoms with van der Waals surface area (Å²) in [4.78, 5) is 25.3. The van der Waals surface area contributed by atoms with Crippen molar-refractivity contribution in [1.29, 1.82) is 0 Å². The second kappa shape index (κ2) is 10.9. The Kier molecular flexibility index (Phi) is 10.5. The Balaban J connectivity index is 0.00000361. The zero-order valence-corrected chi connectivity index (χ0v) is 13.2. The third kappa shape index (κ3) is 7.10. The lowest BCUT2D eigenvalue weighted by molar-refractivity contribution is -0.130. The van der Waals surface area contributed by atoms with Crippen LogP contribution >= 0.6 is 12.4 Å². The Morgan fingerprint density at radius 3 is 2.85 bits per heavy atom. The van der Waals surface area contributed by atoms with Crippen LogP contribution in [0.5, 0.6) is 0 Å². The van der Waals surface area contributed by atoms with Crippen molar-refractivity contribution in [1.82, 2.24) is 10.2 Å². The number of nitrogens with one attached hydrogen (secondary N) is 1. The van der Waals surface area contributed by atoms with Gasteiger partial charge in [-0.05, 0) is 25.7 Å².